The van der Waals surface area contributed by atoms with E-state index in [1.165, 1.54) is 92.1 Å². The van der Waals surface area contributed by atoms with E-state index < -0.39 is 0 Å². The average molecular weight is 669 g/mol. The highest BCUT2D eigenvalue weighted by atomic mass is 32.2. The van der Waals surface area contributed by atoms with Gasteiger partial charge in [0.2, 0.25) is 0 Å². The molecule has 0 spiro atoms. The van der Waals surface area contributed by atoms with Gasteiger partial charge in [-0.3, -0.25) is 0 Å². The third-order valence-electron chi connectivity index (χ3n) is 9.18. The molecule has 6 aliphatic rings. The molecule has 2 bridgehead atoms. The molecule has 0 radical (unpaired) electrons. The highest BCUT2D eigenvalue weighted by molar-refractivity contribution is 8.06. The molecule has 6 aromatic rings. The minimum atomic E-state index is 0.245. The second-order valence-electron chi connectivity index (χ2n) is 11.6. The zero-order valence-corrected chi connectivity index (χ0v) is 27.9. The van der Waals surface area contributed by atoms with Crippen molar-refractivity contribution in [3.63, 3.8) is 0 Å². The summed E-state index contributed by atoms with van der Waals surface area (Å²) < 4.78 is 0. The molecule has 0 amide bonds. The Morgan fingerprint density at radius 2 is 0.432 bits per heavy atom. The molecule has 0 aromatic heterocycles. The molecule has 0 saturated heterocycles. The summed E-state index contributed by atoms with van der Waals surface area (Å²) in [5, 5.41) is 0. The number of benzene rings is 6. The second-order valence-corrected chi connectivity index (χ2v) is 18.1. The molecule has 0 atom stereocenters. The largest absolute Gasteiger partial charge is 0.0877 e. The van der Waals surface area contributed by atoms with E-state index in [-0.39, 0.29) is 11.8 Å². The average Bonchev–Trinajstić information content (AvgIpc) is 3.06. The molecule has 0 N–H and O–H groups in total. The molecule has 0 unspecified atom stereocenters. The molecule has 44 heavy (non-hydrogen) atoms. The van der Waals surface area contributed by atoms with E-state index in [9.17, 15) is 0 Å². The highest BCUT2D eigenvalue weighted by Gasteiger charge is 2.44. The Labute approximate surface area is 281 Å². The standard InChI is InChI=1S/C38H20S6/c1-2-8-26-25(7-1)39-31-13-19-20(14-32(31)40-26)38-23-17-35-33(41-27-9-3-5-11-29(27)43-35)15-21(23)37(19)22-16-34-36(18-24(22)38)44-30-12-6-4-10-28(30)42-34/h1-18,37-38H. The predicted molar refractivity (Wildman–Crippen MR) is 185 cm³/mol. The van der Waals surface area contributed by atoms with Crippen LogP contribution >= 0.6 is 70.6 Å². The quantitative estimate of drug-likeness (QED) is 0.157. The van der Waals surface area contributed by atoms with Crippen LogP contribution in [0, 0.1) is 0 Å². The molecule has 3 heterocycles. The first kappa shape index (κ1) is 25.6. The first-order valence-electron chi connectivity index (χ1n) is 14.6. The highest BCUT2D eigenvalue weighted by Crippen LogP contribution is 2.63. The second kappa shape index (κ2) is 9.47. The summed E-state index contributed by atoms with van der Waals surface area (Å²) in [6.45, 7) is 0. The van der Waals surface area contributed by atoms with Crippen molar-refractivity contribution < 1.29 is 0 Å². The van der Waals surface area contributed by atoms with Crippen LogP contribution in [-0.4, -0.2) is 0 Å². The molecule has 3 aliphatic heterocycles. The zero-order valence-electron chi connectivity index (χ0n) is 23.0. The van der Waals surface area contributed by atoms with E-state index in [0.717, 1.165) is 0 Å². The molecule has 0 fully saturated rings. The van der Waals surface area contributed by atoms with Crippen LogP contribution in [0.1, 0.15) is 45.2 Å². The van der Waals surface area contributed by atoms with Crippen LogP contribution in [-0.2, 0) is 0 Å². The summed E-state index contributed by atoms with van der Waals surface area (Å²) in [6, 6.07) is 41.9. The Morgan fingerprint density at radius 3 is 0.614 bits per heavy atom. The summed E-state index contributed by atoms with van der Waals surface area (Å²) in [6.07, 6.45) is 0. The van der Waals surface area contributed by atoms with Gasteiger partial charge in [0.25, 0.3) is 0 Å². The Hall–Kier alpha value is -2.58. The third-order valence-corrected chi connectivity index (χ3v) is 16.8. The maximum absolute atomic E-state index is 2.55. The van der Waals surface area contributed by atoms with E-state index in [1.807, 2.05) is 70.6 Å². The molecule has 0 saturated carbocycles. The van der Waals surface area contributed by atoms with Gasteiger partial charge in [0.15, 0.2) is 0 Å². The summed E-state index contributed by atoms with van der Waals surface area (Å²) in [7, 11) is 0. The molecule has 6 heteroatoms. The minimum absolute atomic E-state index is 0.245. The van der Waals surface area contributed by atoms with Gasteiger partial charge in [-0.05, 0) is 106 Å². The van der Waals surface area contributed by atoms with E-state index >= 15 is 0 Å². The number of fused-ring (bicyclic) bond motifs is 6. The topological polar surface area (TPSA) is 0 Å². The van der Waals surface area contributed by atoms with Crippen LogP contribution < -0.4 is 0 Å². The zero-order chi connectivity index (χ0) is 28.5. The lowest BCUT2D eigenvalue weighted by molar-refractivity contribution is 0.729. The first-order chi connectivity index (χ1) is 21.7. The van der Waals surface area contributed by atoms with Gasteiger partial charge in [0.05, 0.1) is 0 Å². The van der Waals surface area contributed by atoms with Crippen molar-refractivity contribution in [3.05, 3.63) is 143 Å². The Balaban J connectivity index is 1.13. The van der Waals surface area contributed by atoms with Crippen molar-refractivity contribution in [3.8, 4) is 0 Å². The van der Waals surface area contributed by atoms with Crippen LogP contribution in [0.15, 0.2) is 168 Å². The SMILES string of the molecule is c1ccc2c(c1)Sc1cc3c(cc1S2)C1c2cc4c(cc2C3c2cc3c(cc21)Sc1ccccc1S3)Sc1ccccc1S4. The van der Waals surface area contributed by atoms with Crippen molar-refractivity contribution in [2.75, 3.05) is 0 Å². The first-order valence-corrected chi connectivity index (χ1v) is 19.5. The minimum Gasteiger partial charge on any atom is -0.0877 e. The molecular weight excluding hydrogens is 649 g/mol. The summed E-state index contributed by atoms with van der Waals surface area (Å²) in [4.78, 5) is 16.6. The smallest absolute Gasteiger partial charge is 0.0350 e. The van der Waals surface area contributed by atoms with E-state index in [2.05, 4.69) is 109 Å². The van der Waals surface area contributed by atoms with Gasteiger partial charge in [-0.15, -0.1) is 0 Å². The third kappa shape index (κ3) is 3.64. The number of rotatable bonds is 0. The lowest BCUT2D eigenvalue weighted by Gasteiger charge is -2.44. The lowest BCUT2D eigenvalue weighted by Crippen LogP contribution is -2.28. The van der Waals surface area contributed by atoms with Gasteiger partial charge in [-0.2, -0.15) is 0 Å². The molecule has 6 aromatic carbocycles. The molecule has 3 aliphatic carbocycles. The van der Waals surface area contributed by atoms with Gasteiger partial charge in [-0.25, -0.2) is 0 Å². The van der Waals surface area contributed by atoms with Crippen LogP contribution in [0.25, 0.3) is 0 Å². The molecular formula is C38H20S6. The maximum Gasteiger partial charge on any atom is 0.0350 e. The summed E-state index contributed by atoms with van der Waals surface area (Å²) >= 11 is 11.6. The maximum atomic E-state index is 2.55. The summed E-state index contributed by atoms with van der Waals surface area (Å²) in [5.41, 5.74) is 9.02. The van der Waals surface area contributed by atoms with Crippen LogP contribution in [0.4, 0.5) is 0 Å². The predicted octanol–water partition coefficient (Wildman–Crippen LogP) is 12.5. The Morgan fingerprint density at radius 1 is 0.250 bits per heavy atom. The normalized spacial score (nSPS) is 18.8. The van der Waals surface area contributed by atoms with Crippen LogP contribution in [0.3, 0.4) is 0 Å². The van der Waals surface area contributed by atoms with E-state index in [1.54, 1.807) is 0 Å². The number of hydrogen-bond acceptors (Lipinski definition) is 6. The van der Waals surface area contributed by atoms with E-state index in [4.69, 9.17) is 0 Å². The van der Waals surface area contributed by atoms with E-state index in [0.29, 0.717) is 0 Å². The molecule has 208 valence electrons. The van der Waals surface area contributed by atoms with Gasteiger partial charge in [0.1, 0.15) is 0 Å². The Kier molecular flexibility index (Phi) is 5.51. The summed E-state index contributed by atoms with van der Waals surface area (Å²) in [5.74, 6) is 0.489. The van der Waals surface area contributed by atoms with Crippen LogP contribution in [0.5, 0.6) is 0 Å². The van der Waals surface area contributed by atoms with Crippen molar-refractivity contribution in [2.24, 2.45) is 0 Å². The van der Waals surface area contributed by atoms with Crippen molar-refractivity contribution >= 4 is 70.6 Å². The van der Waals surface area contributed by atoms with Gasteiger partial charge >= 0.3 is 0 Å². The monoisotopic (exact) mass is 668 g/mol. The Bertz CT molecular complexity index is 1860. The fourth-order valence-corrected chi connectivity index (χ4v) is 14.2. The fraction of sp³-hybridized carbons (Fsp3) is 0.0526. The lowest BCUT2D eigenvalue weighted by atomic mass is 9.61. The van der Waals surface area contributed by atoms with Crippen molar-refractivity contribution in [1.82, 2.24) is 0 Å². The van der Waals surface area contributed by atoms with Crippen molar-refractivity contribution in [1.29, 1.82) is 0 Å². The molecule has 12 rings (SSSR count). The fourth-order valence-electron chi connectivity index (χ4n) is 7.33. The van der Waals surface area contributed by atoms with Gasteiger partial charge in [0, 0.05) is 70.6 Å². The molecule has 0 nitrogen and oxygen atoms in total. The van der Waals surface area contributed by atoms with Gasteiger partial charge < -0.3 is 0 Å². The van der Waals surface area contributed by atoms with Crippen molar-refractivity contribution in [2.45, 2.75) is 70.6 Å². The van der Waals surface area contributed by atoms with Crippen LogP contribution in [0.2, 0.25) is 0 Å². The van der Waals surface area contributed by atoms with Gasteiger partial charge in [-0.1, -0.05) is 107 Å². The number of hydrogen-bond donors (Lipinski definition) is 0.